The lowest BCUT2D eigenvalue weighted by atomic mass is 10.2. The first-order valence-electron chi connectivity index (χ1n) is 6.81. The molecule has 2 N–H and O–H groups in total. The van der Waals surface area contributed by atoms with Crippen molar-refractivity contribution in [1.82, 2.24) is 14.3 Å². The van der Waals surface area contributed by atoms with Crippen LogP contribution in [0.25, 0.3) is 0 Å². The fraction of sp³-hybridized carbons (Fsp3) is 0.286. The number of aliphatic hydroxyl groups excluding tert-OH is 1. The first-order valence-corrected chi connectivity index (χ1v) is 8.63. The number of halogens is 1. The van der Waals surface area contributed by atoms with Gasteiger partial charge in [-0.25, -0.2) is 18.4 Å². The van der Waals surface area contributed by atoms with Crippen LogP contribution in [0.3, 0.4) is 0 Å². The number of rotatable bonds is 7. The summed E-state index contributed by atoms with van der Waals surface area (Å²) in [5.41, 5.74) is 0.576. The van der Waals surface area contributed by atoms with Crippen LogP contribution in [-0.2, 0) is 16.6 Å². The normalized spacial score (nSPS) is 11.7. The Morgan fingerprint density at radius 2 is 2.09 bits per heavy atom. The molecule has 1 aromatic carbocycles. The number of nitrogens with zero attached hydrogens (tertiary/aromatic N) is 3. The summed E-state index contributed by atoms with van der Waals surface area (Å²) in [7, 11) is -2.25. The standard InChI is InChI=1S/C14H17ClN4O3S/c1-19(6-7-20)23(21,22)13-5-3-2-4-11(13)8-17-14-12(15)9-16-10-18-14/h2-5,9-10,20H,6-8H2,1H3,(H,16,17,18). The molecule has 2 aromatic rings. The molecule has 0 saturated carbocycles. The van der Waals surface area contributed by atoms with E-state index in [1.807, 2.05) is 0 Å². The zero-order chi connectivity index (χ0) is 16.9. The fourth-order valence-electron chi connectivity index (χ4n) is 1.95. The Morgan fingerprint density at radius 1 is 1.35 bits per heavy atom. The summed E-state index contributed by atoms with van der Waals surface area (Å²) in [6, 6.07) is 6.65. The molecule has 7 nitrogen and oxygen atoms in total. The Labute approximate surface area is 140 Å². The third kappa shape index (κ3) is 4.17. The zero-order valence-corrected chi connectivity index (χ0v) is 14.0. The van der Waals surface area contributed by atoms with Crippen molar-refractivity contribution in [1.29, 1.82) is 0 Å². The lowest BCUT2D eigenvalue weighted by Gasteiger charge is -2.18. The molecular weight excluding hydrogens is 340 g/mol. The van der Waals surface area contributed by atoms with Gasteiger partial charge in [-0.15, -0.1) is 0 Å². The number of hydrogen-bond acceptors (Lipinski definition) is 6. The minimum absolute atomic E-state index is 0.0296. The number of aliphatic hydroxyl groups is 1. The SMILES string of the molecule is CN(CCO)S(=O)(=O)c1ccccc1CNc1ncncc1Cl. The number of likely N-dealkylation sites (N-methyl/N-ethyl adjacent to an activating group) is 1. The van der Waals surface area contributed by atoms with E-state index in [1.165, 1.54) is 25.6 Å². The van der Waals surface area contributed by atoms with Crippen LogP contribution in [0.15, 0.2) is 41.7 Å². The van der Waals surface area contributed by atoms with Gasteiger partial charge in [-0.2, -0.15) is 4.31 Å². The fourth-order valence-corrected chi connectivity index (χ4v) is 3.50. The van der Waals surface area contributed by atoms with Gasteiger partial charge in [0.15, 0.2) is 0 Å². The summed E-state index contributed by atoms with van der Waals surface area (Å²) in [6.07, 6.45) is 2.81. The summed E-state index contributed by atoms with van der Waals surface area (Å²) in [5.74, 6) is 0.428. The van der Waals surface area contributed by atoms with E-state index in [0.717, 1.165) is 4.31 Å². The highest BCUT2D eigenvalue weighted by molar-refractivity contribution is 7.89. The maximum Gasteiger partial charge on any atom is 0.243 e. The maximum absolute atomic E-state index is 12.6. The number of aromatic nitrogens is 2. The molecule has 9 heteroatoms. The summed E-state index contributed by atoms with van der Waals surface area (Å²) in [4.78, 5) is 7.97. The monoisotopic (exact) mass is 356 g/mol. The molecule has 2 rings (SSSR count). The number of nitrogens with one attached hydrogen (secondary N) is 1. The summed E-state index contributed by atoms with van der Waals surface area (Å²) in [6.45, 7) is 0.0215. The van der Waals surface area contributed by atoms with Crippen LogP contribution >= 0.6 is 11.6 Å². The Balaban J connectivity index is 2.26. The van der Waals surface area contributed by atoms with E-state index in [2.05, 4.69) is 15.3 Å². The minimum atomic E-state index is -3.68. The van der Waals surface area contributed by atoms with Crippen LogP contribution in [0.5, 0.6) is 0 Å². The van der Waals surface area contributed by atoms with Crippen molar-refractivity contribution >= 4 is 27.4 Å². The Morgan fingerprint density at radius 3 is 2.78 bits per heavy atom. The third-order valence-corrected chi connectivity index (χ3v) is 5.42. The van der Waals surface area contributed by atoms with Gasteiger partial charge in [0, 0.05) is 20.1 Å². The molecule has 0 fully saturated rings. The highest BCUT2D eigenvalue weighted by Crippen LogP contribution is 2.22. The van der Waals surface area contributed by atoms with E-state index in [-0.39, 0.29) is 24.6 Å². The average molecular weight is 357 g/mol. The predicted octanol–water partition coefficient (Wildman–Crippen LogP) is 1.35. The third-order valence-electron chi connectivity index (χ3n) is 3.19. The second kappa shape index (κ2) is 7.69. The second-order valence-electron chi connectivity index (χ2n) is 4.73. The number of sulfonamides is 1. The molecule has 0 spiro atoms. The van der Waals surface area contributed by atoms with Crippen LogP contribution in [0, 0.1) is 0 Å². The number of benzene rings is 1. The molecule has 124 valence electrons. The molecule has 0 amide bonds. The molecule has 0 unspecified atom stereocenters. The van der Waals surface area contributed by atoms with Crippen molar-refractivity contribution in [3.05, 3.63) is 47.4 Å². The molecule has 0 aliphatic carbocycles. The van der Waals surface area contributed by atoms with E-state index in [1.54, 1.807) is 18.2 Å². The van der Waals surface area contributed by atoms with Crippen LogP contribution in [0.2, 0.25) is 5.02 Å². The summed E-state index contributed by atoms with van der Waals surface area (Å²) >= 11 is 5.97. The molecule has 1 aromatic heterocycles. The molecule has 23 heavy (non-hydrogen) atoms. The summed E-state index contributed by atoms with van der Waals surface area (Å²) < 4.78 is 26.2. The predicted molar refractivity (Wildman–Crippen MR) is 87.7 cm³/mol. The van der Waals surface area contributed by atoms with Crippen molar-refractivity contribution < 1.29 is 13.5 Å². The lowest BCUT2D eigenvalue weighted by molar-refractivity contribution is 0.266. The van der Waals surface area contributed by atoms with Crippen molar-refractivity contribution in [3.8, 4) is 0 Å². The molecule has 0 bridgehead atoms. The highest BCUT2D eigenvalue weighted by Gasteiger charge is 2.23. The van der Waals surface area contributed by atoms with Gasteiger partial charge in [-0.1, -0.05) is 29.8 Å². The van der Waals surface area contributed by atoms with Crippen molar-refractivity contribution in [2.24, 2.45) is 0 Å². The van der Waals surface area contributed by atoms with E-state index < -0.39 is 10.0 Å². The first-order chi connectivity index (χ1) is 11.0. The van der Waals surface area contributed by atoms with Crippen molar-refractivity contribution in [3.63, 3.8) is 0 Å². The quantitative estimate of drug-likeness (QED) is 0.777. The molecule has 1 heterocycles. The van der Waals surface area contributed by atoms with Crippen molar-refractivity contribution in [2.75, 3.05) is 25.5 Å². The van der Waals surface area contributed by atoms with E-state index >= 15 is 0 Å². The smallest absolute Gasteiger partial charge is 0.243 e. The molecule has 0 atom stereocenters. The Hall–Kier alpha value is -1.74. The molecule has 0 radical (unpaired) electrons. The Kier molecular flexibility index (Phi) is 5.89. The maximum atomic E-state index is 12.6. The highest BCUT2D eigenvalue weighted by atomic mass is 35.5. The topological polar surface area (TPSA) is 95.4 Å². The van der Waals surface area contributed by atoms with Crippen LogP contribution in [-0.4, -0.2) is 48.0 Å². The van der Waals surface area contributed by atoms with Crippen LogP contribution in [0.4, 0.5) is 5.82 Å². The molecule has 0 aliphatic rings. The largest absolute Gasteiger partial charge is 0.395 e. The van der Waals surface area contributed by atoms with Gasteiger partial charge < -0.3 is 10.4 Å². The average Bonchev–Trinajstić information content (AvgIpc) is 2.54. The van der Waals surface area contributed by atoms with Crippen LogP contribution in [0.1, 0.15) is 5.56 Å². The zero-order valence-electron chi connectivity index (χ0n) is 12.5. The van der Waals surface area contributed by atoms with Gasteiger partial charge in [0.2, 0.25) is 10.0 Å². The van der Waals surface area contributed by atoms with Gasteiger partial charge >= 0.3 is 0 Å². The van der Waals surface area contributed by atoms with Crippen molar-refractivity contribution in [2.45, 2.75) is 11.4 Å². The van der Waals surface area contributed by atoms with Gasteiger partial charge in [-0.3, -0.25) is 0 Å². The van der Waals surface area contributed by atoms with Gasteiger partial charge in [0.1, 0.15) is 17.2 Å². The molecular formula is C14H17ClN4O3S. The summed E-state index contributed by atoms with van der Waals surface area (Å²) in [5, 5.41) is 12.3. The number of anilines is 1. The minimum Gasteiger partial charge on any atom is -0.395 e. The van der Waals surface area contributed by atoms with E-state index in [9.17, 15) is 8.42 Å². The molecule has 0 aliphatic heterocycles. The van der Waals surface area contributed by atoms with Gasteiger partial charge in [0.25, 0.3) is 0 Å². The van der Waals surface area contributed by atoms with E-state index in [4.69, 9.17) is 16.7 Å². The first kappa shape index (κ1) is 17.6. The number of hydrogen-bond donors (Lipinski definition) is 2. The van der Waals surface area contributed by atoms with Gasteiger partial charge in [-0.05, 0) is 11.6 Å². The van der Waals surface area contributed by atoms with E-state index in [0.29, 0.717) is 16.4 Å². The molecule has 0 saturated heterocycles. The van der Waals surface area contributed by atoms with Gasteiger partial charge in [0.05, 0.1) is 17.7 Å². The second-order valence-corrected chi connectivity index (χ2v) is 7.15. The Bertz CT molecular complexity index is 770. The lowest BCUT2D eigenvalue weighted by Crippen LogP contribution is -2.30. The van der Waals surface area contributed by atoms with Crippen LogP contribution < -0.4 is 5.32 Å².